The first-order valence-electron chi connectivity index (χ1n) is 6.20. The Bertz CT molecular complexity index is 308. The van der Waals surface area contributed by atoms with Crippen molar-refractivity contribution in [2.24, 2.45) is 0 Å². The van der Waals surface area contributed by atoms with Gasteiger partial charge in [0, 0.05) is 32.7 Å². The molecular formula is C12H22N4O. The van der Waals surface area contributed by atoms with Crippen LogP contribution in [-0.4, -0.2) is 35.3 Å². The molecule has 0 aliphatic carbocycles. The molecule has 1 heterocycles. The van der Waals surface area contributed by atoms with E-state index in [1.807, 2.05) is 20.0 Å². The molecule has 17 heavy (non-hydrogen) atoms. The average molecular weight is 238 g/mol. The maximum absolute atomic E-state index is 8.67. The average Bonchev–Trinajstić information content (AvgIpc) is 2.38. The summed E-state index contributed by atoms with van der Waals surface area (Å²) in [7, 11) is 1.85. The molecule has 0 fully saturated rings. The molecule has 96 valence electrons. The number of aromatic nitrogens is 2. The summed E-state index contributed by atoms with van der Waals surface area (Å²) in [4.78, 5) is 8.74. The lowest BCUT2D eigenvalue weighted by Gasteiger charge is -2.08. The Morgan fingerprint density at radius 1 is 1.18 bits per heavy atom. The normalized spacial score (nSPS) is 10.3. The van der Waals surface area contributed by atoms with Gasteiger partial charge in [0.1, 0.15) is 17.5 Å². The van der Waals surface area contributed by atoms with Crippen molar-refractivity contribution in [3.63, 3.8) is 0 Å². The van der Waals surface area contributed by atoms with Crippen LogP contribution in [0.1, 0.15) is 32.0 Å². The first kappa shape index (κ1) is 13.7. The molecule has 0 atom stereocenters. The zero-order valence-electron chi connectivity index (χ0n) is 10.7. The van der Waals surface area contributed by atoms with E-state index < -0.39 is 0 Å². The van der Waals surface area contributed by atoms with E-state index in [-0.39, 0.29) is 6.61 Å². The Labute approximate surface area is 103 Å². The van der Waals surface area contributed by atoms with Gasteiger partial charge in [-0.05, 0) is 19.3 Å². The minimum Gasteiger partial charge on any atom is -0.396 e. The van der Waals surface area contributed by atoms with Crippen LogP contribution in [0.5, 0.6) is 0 Å². The van der Waals surface area contributed by atoms with Crippen molar-refractivity contribution in [3.05, 3.63) is 11.9 Å². The quantitative estimate of drug-likeness (QED) is 0.601. The summed E-state index contributed by atoms with van der Waals surface area (Å²) in [6.45, 7) is 3.19. The van der Waals surface area contributed by atoms with E-state index in [2.05, 4.69) is 20.6 Å². The first-order chi connectivity index (χ1) is 8.30. The van der Waals surface area contributed by atoms with Crippen molar-refractivity contribution in [1.29, 1.82) is 0 Å². The molecule has 0 bridgehead atoms. The SMILES string of the molecule is CCc1nc(NC)cc(NCCCCCO)n1. The third-order valence-corrected chi connectivity index (χ3v) is 2.49. The largest absolute Gasteiger partial charge is 0.396 e. The number of nitrogens with zero attached hydrogens (tertiary/aromatic N) is 2. The number of anilines is 2. The maximum atomic E-state index is 8.67. The smallest absolute Gasteiger partial charge is 0.132 e. The molecule has 0 radical (unpaired) electrons. The fourth-order valence-corrected chi connectivity index (χ4v) is 1.50. The van der Waals surface area contributed by atoms with Crippen LogP contribution in [0.15, 0.2) is 6.07 Å². The van der Waals surface area contributed by atoms with Crippen molar-refractivity contribution < 1.29 is 5.11 Å². The Morgan fingerprint density at radius 3 is 2.59 bits per heavy atom. The fraction of sp³-hybridized carbons (Fsp3) is 0.667. The van der Waals surface area contributed by atoms with E-state index >= 15 is 0 Å². The van der Waals surface area contributed by atoms with E-state index in [9.17, 15) is 0 Å². The van der Waals surface area contributed by atoms with Crippen LogP contribution in [0.4, 0.5) is 11.6 Å². The second kappa shape index (κ2) is 7.84. The second-order valence-electron chi connectivity index (χ2n) is 3.87. The maximum Gasteiger partial charge on any atom is 0.132 e. The van der Waals surface area contributed by atoms with Crippen LogP contribution in [0.3, 0.4) is 0 Å². The third kappa shape index (κ3) is 4.99. The molecule has 5 nitrogen and oxygen atoms in total. The Balaban J connectivity index is 2.46. The van der Waals surface area contributed by atoms with E-state index in [0.717, 1.165) is 49.7 Å². The Kier molecular flexibility index (Phi) is 6.32. The highest BCUT2D eigenvalue weighted by Gasteiger charge is 2.01. The lowest BCUT2D eigenvalue weighted by molar-refractivity contribution is 0.283. The number of aryl methyl sites for hydroxylation is 1. The molecule has 0 saturated carbocycles. The van der Waals surface area contributed by atoms with Gasteiger partial charge in [0.05, 0.1) is 0 Å². The van der Waals surface area contributed by atoms with E-state index in [4.69, 9.17) is 5.11 Å². The minimum absolute atomic E-state index is 0.275. The molecule has 0 aliphatic rings. The monoisotopic (exact) mass is 238 g/mol. The van der Waals surface area contributed by atoms with E-state index in [1.165, 1.54) is 0 Å². The predicted molar refractivity (Wildman–Crippen MR) is 70.4 cm³/mol. The number of unbranched alkanes of at least 4 members (excludes halogenated alkanes) is 2. The topological polar surface area (TPSA) is 70.1 Å². The standard InChI is InChI=1S/C12H22N4O/c1-3-10-15-11(13-2)9-12(16-10)14-7-5-4-6-8-17/h9,17H,3-8H2,1-2H3,(H2,13,14,15,16). The third-order valence-electron chi connectivity index (χ3n) is 2.49. The lowest BCUT2D eigenvalue weighted by atomic mass is 10.2. The lowest BCUT2D eigenvalue weighted by Crippen LogP contribution is -2.07. The molecule has 1 aromatic rings. The number of rotatable bonds is 8. The molecule has 3 N–H and O–H groups in total. The van der Waals surface area contributed by atoms with Crippen LogP contribution in [0.2, 0.25) is 0 Å². The highest BCUT2D eigenvalue weighted by Crippen LogP contribution is 2.11. The summed E-state index contributed by atoms with van der Waals surface area (Å²) < 4.78 is 0. The minimum atomic E-state index is 0.275. The summed E-state index contributed by atoms with van der Waals surface area (Å²) in [5.41, 5.74) is 0. The molecule has 1 aromatic heterocycles. The van der Waals surface area contributed by atoms with Gasteiger partial charge in [-0.3, -0.25) is 0 Å². The molecule has 0 amide bonds. The van der Waals surface area contributed by atoms with Gasteiger partial charge in [-0.1, -0.05) is 6.92 Å². The van der Waals surface area contributed by atoms with Crippen LogP contribution in [0, 0.1) is 0 Å². The molecule has 0 aromatic carbocycles. The molecule has 0 aliphatic heterocycles. The summed E-state index contributed by atoms with van der Waals surface area (Å²) in [5.74, 6) is 2.55. The molecule has 0 unspecified atom stereocenters. The first-order valence-corrected chi connectivity index (χ1v) is 6.20. The molecular weight excluding hydrogens is 216 g/mol. The summed E-state index contributed by atoms with van der Waals surface area (Å²) in [5, 5.41) is 15.0. The number of nitrogens with one attached hydrogen (secondary N) is 2. The van der Waals surface area contributed by atoms with Crippen LogP contribution < -0.4 is 10.6 Å². The van der Waals surface area contributed by atoms with Crippen LogP contribution in [0.25, 0.3) is 0 Å². The van der Waals surface area contributed by atoms with Crippen LogP contribution >= 0.6 is 0 Å². The number of hydrogen-bond donors (Lipinski definition) is 3. The fourth-order valence-electron chi connectivity index (χ4n) is 1.50. The van der Waals surface area contributed by atoms with E-state index in [0.29, 0.717) is 0 Å². The van der Waals surface area contributed by atoms with Crippen molar-refractivity contribution >= 4 is 11.6 Å². The van der Waals surface area contributed by atoms with Gasteiger partial charge >= 0.3 is 0 Å². The zero-order valence-corrected chi connectivity index (χ0v) is 10.7. The highest BCUT2D eigenvalue weighted by molar-refractivity contribution is 5.47. The second-order valence-corrected chi connectivity index (χ2v) is 3.87. The van der Waals surface area contributed by atoms with Gasteiger partial charge in [0.15, 0.2) is 0 Å². The summed E-state index contributed by atoms with van der Waals surface area (Å²) in [6, 6.07) is 1.91. The molecule has 1 rings (SSSR count). The van der Waals surface area contributed by atoms with Gasteiger partial charge in [0.25, 0.3) is 0 Å². The zero-order chi connectivity index (χ0) is 12.5. The Morgan fingerprint density at radius 2 is 1.94 bits per heavy atom. The predicted octanol–water partition coefficient (Wildman–Crippen LogP) is 1.66. The van der Waals surface area contributed by atoms with Crippen molar-refractivity contribution in [2.75, 3.05) is 30.8 Å². The van der Waals surface area contributed by atoms with Crippen LogP contribution in [-0.2, 0) is 6.42 Å². The van der Waals surface area contributed by atoms with Gasteiger partial charge in [-0.15, -0.1) is 0 Å². The number of aliphatic hydroxyl groups excluding tert-OH is 1. The Hall–Kier alpha value is -1.36. The van der Waals surface area contributed by atoms with E-state index in [1.54, 1.807) is 0 Å². The van der Waals surface area contributed by atoms with Gasteiger partial charge in [-0.2, -0.15) is 0 Å². The molecule has 0 spiro atoms. The summed E-state index contributed by atoms with van der Waals surface area (Å²) in [6.07, 6.45) is 3.77. The number of aliphatic hydroxyl groups is 1. The number of hydrogen-bond acceptors (Lipinski definition) is 5. The van der Waals surface area contributed by atoms with Crippen molar-refractivity contribution in [3.8, 4) is 0 Å². The van der Waals surface area contributed by atoms with Gasteiger partial charge in [-0.25, -0.2) is 9.97 Å². The van der Waals surface area contributed by atoms with Crippen molar-refractivity contribution in [1.82, 2.24) is 9.97 Å². The van der Waals surface area contributed by atoms with Gasteiger partial charge in [0.2, 0.25) is 0 Å². The summed E-state index contributed by atoms with van der Waals surface area (Å²) >= 11 is 0. The molecule has 5 heteroatoms. The molecule has 0 saturated heterocycles. The van der Waals surface area contributed by atoms with Crippen molar-refractivity contribution in [2.45, 2.75) is 32.6 Å². The van der Waals surface area contributed by atoms with Gasteiger partial charge < -0.3 is 15.7 Å². The highest BCUT2D eigenvalue weighted by atomic mass is 16.2.